The van der Waals surface area contributed by atoms with Gasteiger partial charge in [-0.05, 0) is 69.5 Å². The zero-order valence-corrected chi connectivity index (χ0v) is 15.4. The molecule has 1 aliphatic rings. The van der Waals surface area contributed by atoms with E-state index in [4.69, 9.17) is 0 Å². The van der Waals surface area contributed by atoms with Gasteiger partial charge < -0.3 is 10.2 Å². The summed E-state index contributed by atoms with van der Waals surface area (Å²) in [6.45, 7) is 11.9. The standard InChI is InChI=1S/C17H36N2S/c1-7-11-18-16-15(8-10-17(16,3)4)13-19(5)14(2)9-12-20-6/h14-16,18H,7-13H2,1-6H3. The molecule has 120 valence electrons. The summed E-state index contributed by atoms with van der Waals surface area (Å²) in [6, 6.07) is 1.40. The number of hydrogen-bond acceptors (Lipinski definition) is 3. The lowest BCUT2D eigenvalue weighted by Gasteiger charge is -2.35. The van der Waals surface area contributed by atoms with Crippen molar-refractivity contribution in [1.82, 2.24) is 10.2 Å². The lowest BCUT2D eigenvalue weighted by molar-refractivity contribution is 0.174. The highest BCUT2D eigenvalue weighted by Crippen LogP contribution is 2.41. The molecule has 3 unspecified atom stereocenters. The van der Waals surface area contributed by atoms with Crippen molar-refractivity contribution in [3.63, 3.8) is 0 Å². The van der Waals surface area contributed by atoms with Crippen LogP contribution < -0.4 is 5.32 Å². The molecule has 0 aromatic heterocycles. The molecule has 20 heavy (non-hydrogen) atoms. The third kappa shape index (κ3) is 5.23. The van der Waals surface area contributed by atoms with E-state index in [1.165, 1.54) is 38.0 Å². The summed E-state index contributed by atoms with van der Waals surface area (Å²) >= 11 is 1.96. The molecule has 0 amide bonds. The summed E-state index contributed by atoms with van der Waals surface area (Å²) in [6.07, 6.45) is 7.50. The highest BCUT2D eigenvalue weighted by atomic mass is 32.2. The molecule has 0 aromatic carbocycles. The van der Waals surface area contributed by atoms with Crippen LogP contribution in [0.3, 0.4) is 0 Å². The van der Waals surface area contributed by atoms with Gasteiger partial charge in [0.1, 0.15) is 0 Å². The fraction of sp³-hybridized carbons (Fsp3) is 1.00. The molecule has 0 heterocycles. The molecule has 2 nitrogen and oxygen atoms in total. The molecule has 1 aliphatic carbocycles. The maximum absolute atomic E-state index is 3.83. The van der Waals surface area contributed by atoms with Crippen molar-refractivity contribution in [3.8, 4) is 0 Å². The Bertz CT molecular complexity index is 268. The van der Waals surface area contributed by atoms with Gasteiger partial charge in [-0.15, -0.1) is 0 Å². The average molecular weight is 301 g/mol. The molecule has 1 fully saturated rings. The van der Waals surface area contributed by atoms with Crippen LogP contribution in [0.4, 0.5) is 0 Å². The van der Waals surface area contributed by atoms with Gasteiger partial charge in [0.15, 0.2) is 0 Å². The summed E-state index contributed by atoms with van der Waals surface area (Å²) < 4.78 is 0. The van der Waals surface area contributed by atoms with Gasteiger partial charge in [0.25, 0.3) is 0 Å². The second-order valence-corrected chi connectivity index (χ2v) is 8.27. The van der Waals surface area contributed by atoms with Gasteiger partial charge in [-0.1, -0.05) is 20.8 Å². The normalized spacial score (nSPS) is 27.1. The quantitative estimate of drug-likeness (QED) is 0.696. The van der Waals surface area contributed by atoms with Crippen LogP contribution >= 0.6 is 11.8 Å². The lowest BCUT2D eigenvalue weighted by Crippen LogP contribution is -2.46. The van der Waals surface area contributed by atoms with Gasteiger partial charge in [-0.25, -0.2) is 0 Å². The van der Waals surface area contributed by atoms with Crippen LogP contribution in [-0.4, -0.2) is 49.1 Å². The number of thioether (sulfide) groups is 1. The number of nitrogens with zero attached hydrogens (tertiary/aromatic N) is 1. The molecule has 0 aliphatic heterocycles. The zero-order chi connectivity index (χ0) is 15.2. The predicted molar refractivity (Wildman–Crippen MR) is 93.7 cm³/mol. The predicted octanol–water partition coefficient (Wildman–Crippen LogP) is 3.86. The van der Waals surface area contributed by atoms with Gasteiger partial charge in [0.2, 0.25) is 0 Å². The van der Waals surface area contributed by atoms with Gasteiger partial charge >= 0.3 is 0 Å². The monoisotopic (exact) mass is 300 g/mol. The van der Waals surface area contributed by atoms with Crippen LogP contribution in [0.5, 0.6) is 0 Å². The molecule has 1 N–H and O–H groups in total. The fourth-order valence-electron chi connectivity index (χ4n) is 3.52. The van der Waals surface area contributed by atoms with Crippen LogP contribution in [-0.2, 0) is 0 Å². The van der Waals surface area contributed by atoms with Gasteiger partial charge in [0, 0.05) is 18.6 Å². The van der Waals surface area contributed by atoms with Crippen molar-refractivity contribution in [2.75, 3.05) is 32.1 Å². The Morgan fingerprint density at radius 3 is 2.70 bits per heavy atom. The Kier molecular flexibility index (Phi) is 7.92. The Morgan fingerprint density at radius 2 is 2.10 bits per heavy atom. The largest absolute Gasteiger partial charge is 0.313 e. The van der Waals surface area contributed by atoms with E-state index < -0.39 is 0 Å². The Balaban J connectivity index is 2.51. The summed E-state index contributed by atoms with van der Waals surface area (Å²) in [4.78, 5) is 2.59. The molecular formula is C17H36N2S. The molecule has 3 atom stereocenters. The fourth-order valence-corrected chi connectivity index (χ4v) is 4.09. The molecule has 0 bridgehead atoms. The van der Waals surface area contributed by atoms with Crippen molar-refractivity contribution in [2.24, 2.45) is 11.3 Å². The molecular weight excluding hydrogens is 264 g/mol. The van der Waals surface area contributed by atoms with E-state index in [0.717, 1.165) is 12.5 Å². The highest BCUT2D eigenvalue weighted by Gasteiger charge is 2.41. The van der Waals surface area contributed by atoms with E-state index in [0.29, 0.717) is 17.5 Å². The van der Waals surface area contributed by atoms with E-state index in [1.807, 2.05) is 11.8 Å². The number of nitrogens with one attached hydrogen (secondary N) is 1. The van der Waals surface area contributed by atoms with Gasteiger partial charge in [-0.2, -0.15) is 11.8 Å². The molecule has 0 aromatic rings. The van der Waals surface area contributed by atoms with Crippen LogP contribution in [0.25, 0.3) is 0 Å². The van der Waals surface area contributed by atoms with Crippen LogP contribution in [0.15, 0.2) is 0 Å². The van der Waals surface area contributed by atoms with E-state index in [-0.39, 0.29) is 0 Å². The lowest BCUT2D eigenvalue weighted by atomic mass is 9.84. The highest BCUT2D eigenvalue weighted by molar-refractivity contribution is 7.98. The van der Waals surface area contributed by atoms with Crippen LogP contribution in [0.1, 0.15) is 53.4 Å². The van der Waals surface area contributed by atoms with Crippen LogP contribution in [0, 0.1) is 11.3 Å². The topological polar surface area (TPSA) is 15.3 Å². The maximum atomic E-state index is 3.83. The number of hydrogen-bond donors (Lipinski definition) is 1. The first kappa shape index (κ1) is 18.3. The van der Waals surface area contributed by atoms with Crippen molar-refractivity contribution in [3.05, 3.63) is 0 Å². The SMILES string of the molecule is CCCNC1C(CN(C)C(C)CCSC)CCC1(C)C. The summed E-state index contributed by atoms with van der Waals surface area (Å²) in [7, 11) is 2.31. The van der Waals surface area contributed by atoms with E-state index >= 15 is 0 Å². The molecule has 1 rings (SSSR count). The van der Waals surface area contributed by atoms with E-state index in [2.05, 4.69) is 51.2 Å². The summed E-state index contributed by atoms with van der Waals surface area (Å²) in [5.74, 6) is 2.09. The van der Waals surface area contributed by atoms with Crippen molar-refractivity contribution < 1.29 is 0 Å². The Morgan fingerprint density at radius 1 is 1.40 bits per heavy atom. The summed E-state index contributed by atoms with van der Waals surface area (Å²) in [5.41, 5.74) is 0.461. The first-order valence-corrected chi connectivity index (χ1v) is 9.74. The van der Waals surface area contributed by atoms with Crippen LogP contribution in [0.2, 0.25) is 0 Å². The summed E-state index contributed by atoms with van der Waals surface area (Å²) in [5, 5.41) is 3.83. The third-order valence-corrected chi connectivity index (χ3v) is 5.75. The molecule has 0 saturated heterocycles. The molecule has 0 spiro atoms. The van der Waals surface area contributed by atoms with Crippen molar-refractivity contribution >= 4 is 11.8 Å². The van der Waals surface area contributed by atoms with Crippen molar-refractivity contribution in [1.29, 1.82) is 0 Å². The Hall–Kier alpha value is 0.270. The van der Waals surface area contributed by atoms with Crippen molar-refractivity contribution in [2.45, 2.75) is 65.5 Å². The zero-order valence-electron chi connectivity index (χ0n) is 14.5. The van der Waals surface area contributed by atoms with Gasteiger partial charge in [-0.3, -0.25) is 0 Å². The second kappa shape index (κ2) is 8.65. The minimum atomic E-state index is 0.461. The van der Waals surface area contributed by atoms with E-state index in [9.17, 15) is 0 Å². The molecule has 0 radical (unpaired) electrons. The van der Waals surface area contributed by atoms with E-state index in [1.54, 1.807) is 0 Å². The maximum Gasteiger partial charge on any atom is 0.0159 e. The first-order chi connectivity index (χ1) is 9.42. The first-order valence-electron chi connectivity index (χ1n) is 8.35. The molecule has 1 saturated carbocycles. The minimum absolute atomic E-state index is 0.461. The average Bonchev–Trinajstić information content (AvgIpc) is 2.68. The minimum Gasteiger partial charge on any atom is -0.313 e. The smallest absolute Gasteiger partial charge is 0.0159 e. The third-order valence-electron chi connectivity index (χ3n) is 5.10. The van der Waals surface area contributed by atoms with Gasteiger partial charge in [0.05, 0.1) is 0 Å². The molecule has 3 heteroatoms. The number of rotatable bonds is 9. The second-order valence-electron chi connectivity index (χ2n) is 7.29. The Labute approximate surface area is 131 Å².